The highest BCUT2D eigenvalue weighted by Crippen LogP contribution is 2.27. The summed E-state index contributed by atoms with van der Waals surface area (Å²) in [6.45, 7) is 3.95. The maximum atomic E-state index is 5.71. The Morgan fingerprint density at radius 2 is 1.91 bits per heavy atom. The first kappa shape index (κ1) is 15.6. The summed E-state index contributed by atoms with van der Waals surface area (Å²) in [7, 11) is 0. The number of rotatable bonds is 4. The average Bonchev–Trinajstić information content (AvgIpc) is 2.97. The third-order valence-electron chi connectivity index (χ3n) is 3.13. The molecule has 1 N–H and O–H groups in total. The molecule has 1 aromatic carbocycles. The van der Waals surface area contributed by atoms with Crippen LogP contribution in [0.1, 0.15) is 17.5 Å². The molecule has 0 unspecified atom stereocenters. The highest BCUT2D eigenvalue weighted by molar-refractivity contribution is 7.15. The van der Waals surface area contributed by atoms with Crippen molar-refractivity contribution in [2.45, 2.75) is 13.8 Å². The van der Waals surface area contributed by atoms with Crippen molar-refractivity contribution in [1.29, 1.82) is 0 Å². The number of hydrogen-bond acceptors (Lipinski definition) is 6. The van der Waals surface area contributed by atoms with Crippen LogP contribution in [0.25, 0.3) is 10.6 Å². The van der Waals surface area contributed by atoms with Gasteiger partial charge in [-0.3, -0.25) is 5.43 Å². The van der Waals surface area contributed by atoms with Crippen LogP contribution in [0.3, 0.4) is 0 Å². The second kappa shape index (κ2) is 6.85. The van der Waals surface area contributed by atoms with E-state index in [2.05, 4.69) is 32.9 Å². The van der Waals surface area contributed by atoms with Crippen molar-refractivity contribution in [1.82, 2.24) is 15.2 Å². The SMILES string of the molecule is CC(=NNc1ccc(Cl)nn1)c1nc(-c2ccccc2)sc1C. The molecule has 0 saturated carbocycles. The Hall–Kier alpha value is -2.31. The molecule has 0 radical (unpaired) electrons. The molecule has 0 amide bonds. The molecule has 2 heterocycles. The second-order valence-corrected chi connectivity index (χ2v) is 6.43. The van der Waals surface area contributed by atoms with Crippen LogP contribution in [-0.4, -0.2) is 20.9 Å². The summed E-state index contributed by atoms with van der Waals surface area (Å²) >= 11 is 7.36. The Morgan fingerprint density at radius 1 is 1.13 bits per heavy atom. The molecular formula is C16H14ClN5S. The molecule has 23 heavy (non-hydrogen) atoms. The lowest BCUT2D eigenvalue weighted by Gasteiger charge is -2.01. The van der Waals surface area contributed by atoms with Gasteiger partial charge in [-0.25, -0.2) is 4.98 Å². The number of hydrogen-bond donors (Lipinski definition) is 1. The first-order chi connectivity index (χ1) is 11.1. The quantitative estimate of drug-likeness (QED) is 0.563. The van der Waals surface area contributed by atoms with Gasteiger partial charge in [-0.05, 0) is 26.0 Å². The van der Waals surface area contributed by atoms with Crippen molar-refractivity contribution in [3.8, 4) is 10.6 Å². The normalized spacial score (nSPS) is 11.5. The van der Waals surface area contributed by atoms with Gasteiger partial charge in [-0.15, -0.1) is 21.5 Å². The van der Waals surface area contributed by atoms with Crippen molar-refractivity contribution in [2.24, 2.45) is 5.10 Å². The summed E-state index contributed by atoms with van der Waals surface area (Å²) in [5.41, 5.74) is 5.64. The Kier molecular flexibility index (Phi) is 4.64. The molecule has 0 aliphatic heterocycles. The lowest BCUT2D eigenvalue weighted by atomic mass is 10.2. The summed E-state index contributed by atoms with van der Waals surface area (Å²) in [4.78, 5) is 5.82. The van der Waals surface area contributed by atoms with Crippen LogP contribution in [-0.2, 0) is 0 Å². The fourth-order valence-electron chi connectivity index (χ4n) is 2.01. The van der Waals surface area contributed by atoms with Gasteiger partial charge >= 0.3 is 0 Å². The zero-order chi connectivity index (χ0) is 16.2. The number of benzene rings is 1. The molecule has 0 aliphatic rings. The fraction of sp³-hybridized carbons (Fsp3) is 0.125. The summed E-state index contributed by atoms with van der Waals surface area (Å²) in [6.07, 6.45) is 0. The van der Waals surface area contributed by atoms with Crippen molar-refractivity contribution >= 4 is 34.5 Å². The van der Waals surface area contributed by atoms with Crippen LogP contribution in [0.15, 0.2) is 47.6 Å². The van der Waals surface area contributed by atoms with Crippen molar-refractivity contribution in [2.75, 3.05) is 5.43 Å². The Balaban J connectivity index is 1.82. The minimum atomic E-state index is 0.346. The standard InChI is InChI=1S/C16H14ClN5S/c1-10(19-21-14-9-8-13(17)20-22-14)15-11(2)23-16(18-15)12-6-4-3-5-7-12/h3-9H,1-2H3,(H,21,22). The Morgan fingerprint density at radius 3 is 2.61 bits per heavy atom. The monoisotopic (exact) mass is 343 g/mol. The Labute approximate surface area is 143 Å². The number of aryl methyl sites for hydroxylation is 1. The second-order valence-electron chi connectivity index (χ2n) is 4.84. The van der Waals surface area contributed by atoms with E-state index in [-0.39, 0.29) is 0 Å². The summed E-state index contributed by atoms with van der Waals surface area (Å²) in [6, 6.07) is 13.5. The molecular weight excluding hydrogens is 330 g/mol. The molecule has 5 nitrogen and oxygen atoms in total. The molecule has 0 aliphatic carbocycles. The van der Waals surface area contributed by atoms with Gasteiger partial charge in [0.05, 0.1) is 5.71 Å². The molecule has 116 valence electrons. The summed E-state index contributed by atoms with van der Waals surface area (Å²) in [5, 5.41) is 13.3. The first-order valence-electron chi connectivity index (χ1n) is 6.96. The van der Waals surface area contributed by atoms with Crippen molar-refractivity contribution < 1.29 is 0 Å². The van der Waals surface area contributed by atoms with E-state index < -0.39 is 0 Å². The molecule has 0 spiro atoms. The number of hydrazone groups is 1. The number of anilines is 1. The molecule has 0 bridgehead atoms. The topological polar surface area (TPSA) is 63.1 Å². The maximum absolute atomic E-state index is 5.71. The van der Waals surface area contributed by atoms with Crippen LogP contribution >= 0.6 is 22.9 Å². The lowest BCUT2D eigenvalue weighted by Crippen LogP contribution is -2.03. The van der Waals surface area contributed by atoms with Gasteiger partial charge in [0.25, 0.3) is 0 Å². The minimum absolute atomic E-state index is 0.346. The van der Waals surface area contributed by atoms with E-state index in [4.69, 9.17) is 16.6 Å². The van der Waals surface area contributed by atoms with Crippen LogP contribution in [0.4, 0.5) is 5.82 Å². The van der Waals surface area contributed by atoms with E-state index in [0.717, 1.165) is 26.9 Å². The van der Waals surface area contributed by atoms with Gasteiger partial charge in [0.1, 0.15) is 10.7 Å². The molecule has 3 aromatic rings. The van der Waals surface area contributed by atoms with Crippen LogP contribution in [0.2, 0.25) is 5.15 Å². The molecule has 0 fully saturated rings. The highest BCUT2D eigenvalue weighted by Gasteiger charge is 2.11. The van der Waals surface area contributed by atoms with E-state index >= 15 is 0 Å². The Bertz CT molecular complexity index is 827. The van der Waals surface area contributed by atoms with Crippen molar-refractivity contribution in [3.63, 3.8) is 0 Å². The maximum Gasteiger partial charge on any atom is 0.168 e. The largest absolute Gasteiger partial charge is 0.260 e. The number of nitrogens with zero attached hydrogens (tertiary/aromatic N) is 4. The van der Waals surface area contributed by atoms with Gasteiger partial charge in [-0.1, -0.05) is 41.9 Å². The third kappa shape index (κ3) is 3.72. The number of nitrogens with one attached hydrogen (secondary N) is 1. The number of halogens is 1. The van der Waals surface area contributed by atoms with E-state index in [1.807, 2.05) is 32.0 Å². The van der Waals surface area contributed by atoms with Crippen LogP contribution in [0, 0.1) is 6.92 Å². The van der Waals surface area contributed by atoms with Gasteiger partial charge in [0, 0.05) is 10.4 Å². The van der Waals surface area contributed by atoms with E-state index in [0.29, 0.717) is 11.0 Å². The molecule has 0 saturated heterocycles. The van der Waals surface area contributed by atoms with Crippen molar-refractivity contribution in [3.05, 3.63) is 58.2 Å². The molecule has 0 atom stereocenters. The summed E-state index contributed by atoms with van der Waals surface area (Å²) < 4.78 is 0. The molecule has 3 rings (SSSR count). The highest BCUT2D eigenvalue weighted by atomic mass is 35.5. The zero-order valence-electron chi connectivity index (χ0n) is 12.6. The van der Waals surface area contributed by atoms with Gasteiger partial charge in [0.15, 0.2) is 11.0 Å². The molecule has 7 heteroatoms. The van der Waals surface area contributed by atoms with Crippen LogP contribution in [0.5, 0.6) is 0 Å². The average molecular weight is 344 g/mol. The van der Waals surface area contributed by atoms with Gasteiger partial charge in [-0.2, -0.15) is 5.10 Å². The smallest absolute Gasteiger partial charge is 0.168 e. The van der Waals surface area contributed by atoms with E-state index in [1.165, 1.54) is 0 Å². The number of thiazole rings is 1. The molecule has 2 aromatic heterocycles. The predicted octanol–water partition coefficient (Wildman–Crippen LogP) is 4.40. The predicted molar refractivity (Wildman–Crippen MR) is 95.2 cm³/mol. The lowest BCUT2D eigenvalue weighted by molar-refractivity contribution is 1.02. The fourth-order valence-corrected chi connectivity index (χ4v) is 3.08. The van der Waals surface area contributed by atoms with Crippen LogP contribution < -0.4 is 5.43 Å². The minimum Gasteiger partial charge on any atom is -0.260 e. The van der Waals surface area contributed by atoms with E-state index in [1.54, 1.807) is 23.5 Å². The first-order valence-corrected chi connectivity index (χ1v) is 8.15. The van der Waals surface area contributed by atoms with E-state index in [9.17, 15) is 0 Å². The summed E-state index contributed by atoms with van der Waals surface area (Å²) in [5.74, 6) is 0.532. The zero-order valence-corrected chi connectivity index (χ0v) is 14.2. The van der Waals surface area contributed by atoms with Gasteiger partial charge in [0.2, 0.25) is 0 Å². The number of aromatic nitrogens is 3. The third-order valence-corrected chi connectivity index (χ3v) is 4.35. The van der Waals surface area contributed by atoms with Gasteiger partial charge < -0.3 is 0 Å².